The van der Waals surface area contributed by atoms with E-state index in [1.807, 2.05) is 37.3 Å². The van der Waals surface area contributed by atoms with Gasteiger partial charge in [-0.15, -0.1) is 0 Å². The molecule has 5 rings (SSSR count). The van der Waals surface area contributed by atoms with Crippen LogP contribution in [0.3, 0.4) is 0 Å². The van der Waals surface area contributed by atoms with Crippen molar-refractivity contribution in [2.75, 3.05) is 68.1 Å². The molecule has 11 heteroatoms. The highest BCUT2D eigenvalue weighted by Gasteiger charge is 2.37. The molecule has 1 aromatic carbocycles. The van der Waals surface area contributed by atoms with E-state index in [0.29, 0.717) is 45.1 Å². The zero-order valence-electron chi connectivity index (χ0n) is 21.7. The van der Waals surface area contributed by atoms with Crippen LogP contribution in [0.4, 0.5) is 35.3 Å². The average Bonchev–Trinajstić information content (AvgIpc) is 3.31. The summed E-state index contributed by atoms with van der Waals surface area (Å²) in [6, 6.07) is 9.33. The number of carbonyl (C=O) groups is 1. The molecular weight excluding hydrogens is 499 g/mol. The number of anilines is 3. The summed E-state index contributed by atoms with van der Waals surface area (Å²) < 4.78 is 49.2. The van der Waals surface area contributed by atoms with Gasteiger partial charge in [-0.3, -0.25) is 0 Å². The lowest BCUT2D eigenvalue weighted by Crippen LogP contribution is -2.53. The number of hydrogen-bond acceptors (Lipinski definition) is 6. The van der Waals surface area contributed by atoms with Crippen LogP contribution < -0.4 is 15.5 Å². The summed E-state index contributed by atoms with van der Waals surface area (Å²) >= 11 is 0. The van der Waals surface area contributed by atoms with E-state index < -0.39 is 18.5 Å². The van der Waals surface area contributed by atoms with Crippen molar-refractivity contribution >= 4 is 23.4 Å². The van der Waals surface area contributed by atoms with Crippen LogP contribution in [0.5, 0.6) is 0 Å². The Morgan fingerprint density at radius 2 is 1.89 bits per heavy atom. The van der Waals surface area contributed by atoms with Gasteiger partial charge in [0.05, 0.1) is 32.0 Å². The molecule has 3 fully saturated rings. The Morgan fingerprint density at radius 3 is 2.58 bits per heavy atom. The van der Waals surface area contributed by atoms with E-state index in [0.717, 1.165) is 41.4 Å². The molecule has 0 saturated carbocycles. The van der Waals surface area contributed by atoms with Crippen molar-refractivity contribution in [3.05, 3.63) is 35.9 Å². The van der Waals surface area contributed by atoms with Gasteiger partial charge in [0, 0.05) is 38.3 Å². The second-order valence-electron chi connectivity index (χ2n) is 10.8. The highest BCUT2D eigenvalue weighted by molar-refractivity contribution is 5.91. The van der Waals surface area contributed by atoms with Crippen molar-refractivity contribution in [1.82, 2.24) is 9.88 Å². The molecule has 38 heavy (non-hydrogen) atoms. The van der Waals surface area contributed by atoms with Crippen molar-refractivity contribution in [1.29, 1.82) is 0 Å². The van der Waals surface area contributed by atoms with Crippen LogP contribution in [0.1, 0.15) is 25.3 Å². The standard InChI is InChI=1S/C27H34F3N5O3/c1-18-3-4-21(31-25(36)35-6-5-19(15-35)14-27(28,29)30)13-22(18)20-11-23(33-26(2)16-38-17-26)32-24(12-20)34-7-9-37-10-8-34/h3-4,11-13,19H,5-10,14-17H2,1-2H3,(H,31,36)(H,32,33). The first kappa shape index (κ1) is 26.6. The topological polar surface area (TPSA) is 79.0 Å². The molecule has 8 nitrogen and oxygen atoms in total. The number of alkyl halides is 3. The van der Waals surface area contributed by atoms with Crippen LogP contribution in [0.2, 0.25) is 0 Å². The molecule has 1 unspecified atom stereocenters. The number of halogens is 3. The molecule has 0 aliphatic carbocycles. The first-order valence-electron chi connectivity index (χ1n) is 13.0. The summed E-state index contributed by atoms with van der Waals surface area (Å²) in [5, 5.41) is 6.40. The van der Waals surface area contributed by atoms with Gasteiger partial charge < -0.3 is 29.9 Å². The Morgan fingerprint density at radius 1 is 1.13 bits per heavy atom. The predicted octanol–water partition coefficient (Wildman–Crippen LogP) is 4.90. The largest absolute Gasteiger partial charge is 0.389 e. The van der Waals surface area contributed by atoms with Crippen LogP contribution in [0.25, 0.3) is 11.1 Å². The second kappa shape index (κ2) is 10.6. The van der Waals surface area contributed by atoms with E-state index >= 15 is 0 Å². The minimum atomic E-state index is -4.22. The third kappa shape index (κ3) is 6.32. The zero-order chi connectivity index (χ0) is 26.9. The fourth-order valence-electron chi connectivity index (χ4n) is 5.20. The molecule has 1 aromatic heterocycles. The van der Waals surface area contributed by atoms with E-state index in [4.69, 9.17) is 14.5 Å². The number of hydrogen-bond donors (Lipinski definition) is 2. The highest BCUT2D eigenvalue weighted by Crippen LogP contribution is 2.34. The van der Waals surface area contributed by atoms with Crippen LogP contribution in [0, 0.1) is 12.8 Å². The molecule has 4 heterocycles. The second-order valence-corrected chi connectivity index (χ2v) is 10.8. The number of ether oxygens (including phenoxy) is 2. The number of aryl methyl sites for hydroxylation is 1. The molecule has 0 radical (unpaired) electrons. The van der Waals surface area contributed by atoms with E-state index in [1.54, 1.807) is 0 Å². The third-order valence-electron chi connectivity index (χ3n) is 7.31. The number of morpholine rings is 1. The van der Waals surface area contributed by atoms with Gasteiger partial charge in [0.2, 0.25) is 0 Å². The number of urea groups is 1. The van der Waals surface area contributed by atoms with E-state index in [-0.39, 0.29) is 18.1 Å². The number of nitrogens with zero attached hydrogens (tertiary/aromatic N) is 3. The van der Waals surface area contributed by atoms with Gasteiger partial charge in [-0.1, -0.05) is 6.07 Å². The minimum absolute atomic E-state index is 0.106. The van der Waals surface area contributed by atoms with Gasteiger partial charge in [-0.05, 0) is 67.1 Å². The van der Waals surface area contributed by atoms with Crippen LogP contribution in [-0.4, -0.2) is 80.2 Å². The molecule has 3 aliphatic heterocycles. The SMILES string of the molecule is Cc1ccc(NC(=O)N2CCC(CC(F)(F)F)C2)cc1-c1cc(NC2(C)COC2)nc(N2CCOCC2)c1. The number of nitrogens with one attached hydrogen (secondary N) is 2. The Bertz CT molecular complexity index is 1170. The first-order valence-corrected chi connectivity index (χ1v) is 13.0. The number of pyridine rings is 1. The predicted molar refractivity (Wildman–Crippen MR) is 140 cm³/mol. The van der Waals surface area contributed by atoms with E-state index in [2.05, 4.69) is 22.5 Å². The lowest BCUT2D eigenvalue weighted by molar-refractivity contribution is -0.143. The Balaban J connectivity index is 1.37. The molecule has 2 aromatic rings. The molecule has 2 amide bonds. The van der Waals surface area contributed by atoms with Crippen molar-refractivity contribution in [2.24, 2.45) is 5.92 Å². The van der Waals surface area contributed by atoms with Crippen LogP contribution >= 0.6 is 0 Å². The Labute approximate surface area is 220 Å². The fraction of sp³-hybridized carbons (Fsp3) is 0.556. The Hall–Kier alpha value is -3.05. The van der Waals surface area contributed by atoms with Crippen molar-refractivity contribution < 1.29 is 27.4 Å². The number of benzene rings is 1. The summed E-state index contributed by atoms with van der Waals surface area (Å²) in [5.41, 5.74) is 3.33. The van der Waals surface area contributed by atoms with Crippen molar-refractivity contribution in [3.8, 4) is 11.1 Å². The van der Waals surface area contributed by atoms with Gasteiger partial charge in [0.25, 0.3) is 0 Å². The average molecular weight is 534 g/mol. The number of rotatable bonds is 6. The lowest BCUT2D eigenvalue weighted by atomic mass is 9.98. The van der Waals surface area contributed by atoms with Gasteiger partial charge in [-0.25, -0.2) is 9.78 Å². The van der Waals surface area contributed by atoms with Crippen molar-refractivity contribution in [3.63, 3.8) is 0 Å². The molecule has 0 bridgehead atoms. The zero-order valence-corrected chi connectivity index (χ0v) is 21.7. The third-order valence-corrected chi connectivity index (χ3v) is 7.31. The maximum atomic E-state index is 12.9. The van der Waals surface area contributed by atoms with Gasteiger partial charge in [-0.2, -0.15) is 13.2 Å². The molecular formula is C27H34F3N5O3. The van der Waals surface area contributed by atoms with Gasteiger partial charge in [0.1, 0.15) is 11.6 Å². The van der Waals surface area contributed by atoms with Crippen LogP contribution in [-0.2, 0) is 9.47 Å². The number of amides is 2. The molecule has 206 valence electrons. The Kier molecular flexibility index (Phi) is 7.41. The highest BCUT2D eigenvalue weighted by atomic mass is 19.4. The van der Waals surface area contributed by atoms with E-state index in [9.17, 15) is 18.0 Å². The molecule has 1 atom stereocenters. The van der Waals surface area contributed by atoms with E-state index in [1.165, 1.54) is 4.90 Å². The van der Waals surface area contributed by atoms with Gasteiger partial charge in [0.15, 0.2) is 0 Å². The number of aromatic nitrogens is 1. The number of carbonyl (C=O) groups excluding carboxylic acids is 1. The summed E-state index contributed by atoms with van der Waals surface area (Å²) in [6.45, 7) is 8.50. The maximum absolute atomic E-state index is 12.9. The molecule has 3 aliphatic rings. The van der Waals surface area contributed by atoms with Crippen LogP contribution in [0.15, 0.2) is 30.3 Å². The molecule has 3 saturated heterocycles. The minimum Gasteiger partial charge on any atom is -0.378 e. The fourth-order valence-corrected chi connectivity index (χ4v) is 5.20. The molecule has 0 spiro atoms. The summed E-state index contributed by atoms with van der Waals surface area (Å²) in [6.07, 6.45) is -4.72. The normalized spacial score (nSPS) is 21.2. The lowest BCUT2D eigenvalue weighted by Gasteiger charge is -2.39. The summed E-state index contributed by atoms with van der Waals surface area (Å²) in [4.78, 5) is 21.4. The maximum Gasteiger partial charge on any atom is 0.389 e. The smallest absolute Gasteiger partial charge is 0.378 e. The molecule has 2 N–H and O–H groups in total. The van der Waals surface area contributed by atoms with Gasteiger partial charge >= 0.3 is 12.2 Å². The quantitative estimate of drug-likeness (QED) is 0.550. The first-order chi connectivity index (χ1) is 18.1. The monoisotopic (exact) mass is 533 g/mol. The van der Waals surface area contributed by atoms with Crippen molar-refractivity contribution in [2.45, 2.75) is 38.4 Å². The summed E-state index contributed by atoms with van der Waals surface area (Å²) in [7, 11) is 0. The summed E-state index contributed by atoms with van der Waals surface area (Å²) in [5.74, 6) is 1.04. The number of likely N-dealkylation sites (tertiary alicyclic amines) is 1.